The molecule has 0 aliphatic heterocycles. The van der Waals surface area contributed by atoms with Crippen LogP contribution in [-0.4, -0.2) is 43.1 Å². The van der Waals surface area contributed by atoms with Crippen LogP contribution >= 0.6 is 46.7 Å². The normalized spacial score (nSPS) is 11.1. The molecule has 9 heteroatoms. The molecule has 2 rings (SSSR count). The third-order valence-corrected chi connectivity index (χ3v) is 4.89. The van der Waals surface area contributed by atoms with Gasteiger partial charge in [-0.2, -0.15) is 0 Å². The van der Waals surface area contributed by atoms with Crippen LogP contribution in [0.5, 0.6) is 0 Å². The molecular weight excluding hydrogens is 455 g/mol. The van der Waals surface area contributed by atoms with Gasteiger partial charge in [0.05, 0.1) is 22.9 Å². The van der Waals surface area contributed by atoms with Crippen molar-refractivity contribution in [3.8, 4) is 0 Å². The smallest absolute Gasteiger partial charge is 0.191 e. The van der Waals surface area contributed by atoms with Crippen molar-refractivity contribution in [2.24, 2.45) is 4.99 Å². The Morgan fingerprint density at radius 3 is 2.50 bits per heavy atom. The van der Waals surface area contributed by atoms with Gasteiger partial charge in [0, 0.05) is 44.4 Å². The van der Waals surface area contributed by atoms with Crippen LogP contribution in [0.25, 0.3) is 0 Å². The molecule has 0 aliphatic rings. The van der Waals surface area contributed by atoms with Crippen LogP contribution in [0.15, 0.2) is 15.8 Å². The number of hydrogen-bond acceptors (Lipinski definition) is 6. The second kappa shape index (κ2) is 10.8. The first kappa shape index (κ1) is 21.1. The Morgan fingerprint density at radius 1 is 1.17 bits per heavy atom. The number of anilines is 1. The van der Waals surface area contributed by atoms with Crippen molar-refractivity contribution < 1.29 is 0 Å². The van der Waals surface area contributed by atoms with Gasteiger partial charge in [0.1, 0.15) is 0 Å². The molecule has 0 atom stereocenters. The minimum atomic E-state index is 0. The number of aliphatic imine (C=N–C) groups is 1. The van der Waals surface area contributed by atoms with Crippen LogP contribution in [0.1, 0.15) is 23.3 Å². The average Bonchev–Trinajstić information content (AvgIpc) is 3.14. The molecule has 0 aliphatic carbocycles. The Labute approximate surface area is 168 Å². The highest BCUT2D eigenvalue weighted by atomic mass is 127. The Kier molecular flexibility index (Phi) is 9.52. The fourth-order valence-corrected chi connectivity index (χ4v) is 3.30. The number of hydrogen-bond donors (Lipinski definition) is 2. The van der Waals surface area contributed by atoms with Gasteiger partial charge in [-0.15, -0.1) is 46.7 Å². The van der Waals surface area contributed by atoms with Crippen LogP contribution in [0.2, 0.25) is 0 Å². The molecule has 0 saturated heterocycles. The van der Waals surface area contributed by atoms with E-state index in [1.165, 1.54) is 0 Å². The first-order valence-electron chi connectivity index (χ1n) is 7.63. The Bertz CT molecular complexity index is 637. The molecule has 0 saturated carbocycles. The highest BCUT2D eigenvalue weighted by molar-refractivity contribution is 14.0. The maximum atomic E-state index is 4.60. The molecule has 6 nitrogen and oxygen atoms in total. The summed E-state index contributed by atoms with van der Waals surface area (Å²) in [6, 6.07) is 0. The van der Waals surface area contributed by atoms with Gasteiger partial charge >= 0.3 is 0 Å². The van der Waals surface area contributed by atoms with E-state index < -0.39 is 0 Å². The highest BCUT2D eigenvalue weighted by Crippen LogP contribution is 2.18. The van der Waals surface area contributed by atoms with Crippen LogP contribution in [-0.2, 0) is 13.0 Å². The number of halogens is 1. The number of nitrogens with one attached hydrogen (secondary N) is 2. The molecule has 0 bridgehead atoms. The first-order valence-corrected chi connectivity index (χ1v) is 9.39. The summed E-state index contributed by atoms with van der Waals surface area (Å²) in [7, 11) is 4.00. The van der Waals surface area contributed by atoms with E-state index in [2.05, 4.69) is 43.3 Å². The Morgan fingerprint density at radius 2 is 1.92 bits per heavy atom. The summed E-state index contributed by atoms with van der Waals surface area (Å²) in [5, 5.41) is 12.9. The zero-order valence-electron chi connectivity index (χ0n) is 14.5. The molecule has 0 radical (unpaired) electrons. The largest absolute Gasteiger partial charge is 0.357 e. The zero-order valence-corrected chi connectivity index (χ0v) is 18.5. The lowest BCUT2D eigenvalue weighted by atomic mass is 10.3. The molecule has 0 aromatic carbocycles. The molecule has 0 spiro atoms. The standard InChI is InChI=1S/C15H24N6S2.HI/c1-5-16-14(17-7-6-12-9-22-11(2)19-12)18-8-13-10-23-15(20-13)21(3)4;/h9-10H,5-8H2,1-4H3,(H2,16,17,18);1H. The molecule has 0 unspecified atom stereocenters. The maximum absolute atomic E-state index is 4.60. The average molecular weight is 480 g/mol. The maximum Gasteiger partial charge on any atom is 0.191 e. The fraction of sp³-hybridized carbons (Fsp3) is 0.533. The van der Waals surface area contributed by atoms with Crippen LogP contribution in [0, 0.1) is 6.92 Å². The van der Waals surface area contributed by atoms with E-state index in [1.54, 1.807) is 22.7 Å². The van der Waals surface area contributed by atoms with Gasteiger partial charge in [0.15, 0.2) is 11.1 Å². The van der Waals surface area contributed by atoms with E-state index >= 15 is 0 Å². The van der Waals surface area contributed by atoms with Crippen molar-refractivity contribution in [1.29, 1.82) is 0 Å². The topological polar surface area (TPSA) is 65.4 Å². The molecule has 2 aromatic heterocycles. The summed E-state index contributed by atoms with van der Waals surface area (Å²) in [6.45, 7) is 6.32. The molecule has 24 heavy (non-hydrogen) atoms. The van der Waals surface area contributed by atoms with Crippen molar-refractivity contribution in [1.82, 2.24) is 20.6 Å². The lowest BCUT2D eigenvalue weighted by Crippen LogP contribution is -2.38. The summed E-state index contributed by atoms with van der Waals surface area (Å²) in [4.78, 5) is 15.6. The molecule has 2 aromatic rings. The van der Waals surface area contributed by atoms with Gasteiger partial charge in [-0.3, -0.25) is 0 Å². The van der Waals surface area contributed by atoms with Crippen molar-refractivity contribution in [3.05, 3.63) is 27.2 Å². The van der Waals surface area contributed by atoms with Gasteiger partial charge in [-0.05, 0) is 13.8 Å². The van der Waals surface area contributed by atoms with E-state index in [0.29, 0.717) is 6.54 Å². The summed E-state index contributed by atoms with van der Waals surface area (Å²) in [5.41, 5.74) is 2.12. The Balaban J connectivity index is 0.00000288. The SMILES string of the molecule is CCNC(=NCc1csc(N(C)C)n1)NCCc1csc(C)n1.I. The Hall–Kier alpha value is -0.940. The molecular formula is C15H25IN6S2. The summed E-state index contributed by atoms with van der Waals surface area (Å²) in [5.74, 6) is 0.818. The molecule has 2 N–H and O–H groups in total. The van der Waals surface area contributed by atoms with Gasteiger partial charge in [0.25, 0.3) is 0 Å². The second-order valence-electron chi connectivity index (χ2n) is 5.25. The second-order valence-corrected chi connectivity index (χ2v) is 7.14. The van der Waals surface area contributed by atoms with E-state index in [4.69, 9.17) is 0 Å². The lowest BCUT2D eigenvalue weighted by Gasteiger charge is -2.10. The number of guanidine groups is 1. The van der Waals surface area contributed by atoms with Gasteiger partial charge in [-0.25, -0.2) is 15.0 Å². The molecule has 0 amide bonds. The highest BCUT2D eigenvalue weighted by Gasteiger charge is 2.04. The van der Waals surface area contributed by atoms with Gasteiger partial charge in [0.2, 0.25) is 0 Å². The third kappa shape index (κ3) is 6.89. The van der Waals surface area contributed by atoms with Crippen molar-refractivity contribution in [3.63, 3.8) is 0 Å². The summed E-state index contributed by atoms with van der Waals surface area (Å²) < 4.78 is 0. The van der Waals surface area contributed by atoms with Crippen LogP contribution < -0.4 is 15.5 Å². The number of aryl methyl sites for hydroxylation is 1. The van der Waals surface area contributed by atoms with Crippen molar-refractivity contribution in [2.75, 3.05) is 32.1 Å². The van der Waals surface area contributed by atoms with Gasteiger partial charge < -0.3 is 15.5 Å². The van der Waals surface area contributed by atoms with E-state index in [9.17, 15) is 0 Å². The first-order chi connectivity index (χ1) is 11.1. The summed E-state index contributed by atoms with van der Waals surface area (Å²) >= 11 is 3.33. The number of rotatable bonds is 7. The lowest BCUT2D eigenvalue weighted by molar-refractivity contribution is 0.788. The fourth-order valence-electron chi connectivity index (χ4n) is 1.91. The van der Waals surface area contributed by atoms with Gasteiger partial charge in [-0.1, -0.05) is 0 Å². The molecule has 2 heterocycles. The van der Waals surface area contributed by atoms with Crippen molar-refractivity contribution in [2.45, 2.75) is 26.8 Å². The zero-order chi connectivity index (χ0) is 16.7. The predicted octanol–water partition coefficient (Wildman–Crippen LogP) is 2.89. The number of nitrogens with zero attached hydrogens (tertiary/aromatic N) is 4. The minimum Gasteiger partial charge on any atom is -0.357 e. The predicted molar refractivity (Wildman–Crippen MR) is 115 cm³/mol. The number of thiazole rings is 2. The van der Waals surface area contributed by atoms with E-state index in [0.717, 1.165) is 47.0 Å². The monoisotopic (exact) mass is 480 g/mol. The minimum absolute atomic E-state index is 0. The summed E-state index contributed by atoms with van der Waals surface area (Å²) in [6.07, 6.45) is 0.899. The van der Waals surface area contributed by atoms with Crippen LogP contribution in [0.3, 0.4) is 0 Å². The number of aromatic nitrogens is 2. The van der Waals surface area contributed by atoms with E-state index in [1.807, 2.05) is 25.9 Å². The quantitative estimate of drug-likeness (QED) is 0.363. The van der Waals surface area contributed by atoms with Crippen molar-refractivity contribution >= 4 is 57.7 Å². The molecule has 0 fully saturated rings. The van der Waals surface area contributed by atoms with E-state index in [-0.39, 0.29) is 24.0 Å². The third-order valence-electron chi connectivity index (χ3n) is 3.01. The van der Waals surface area contributed by atoms with Crippen LogP contribution in [0.4, 0.5) is 5.13 Å². The molecule has 134 valence electrons.